The highest BCUT2D eigenvalue weighted by molar-refractivity contribution is 6.31. The number of carbonyl (C=O) groups is 1. The molecule has 4 heteroatoms. The molecule has 1 aromatic carbocycles. The van der Waals surface area contributed by atoms with E-state index in [0.717, 1.165) is 31.1 Å². The molecule has 0 heterocycles. The van der Waals surface area contributed by atoms with Gasteiger partial charge in [0.15, 0.2) is 0 Å². The summed E-state index contributed by atoms with van der Waals surface area (Å²) in [6.45, 7) is 3.54. The van der Waals surface area contributed by atoms with Crippen molar-refractivity contribution in [2.24, 2.45) is 5.92 Å². The first kappa shape index (κ1) is 15.2. The van der Waals surface area contributed by atoms with Crippen molar-refractivity contribution in [2.45, 2.75) is 39.0 Å². The molecule has 0 aromatic heterocycles. The van der Waals surface area contributed by atoms with Gasteiger partial charge >= 0.3 is 0 Å². The molecule has 110 valence electrons. The summed E-state index contributed by atoms with van der Waals surface area (Å²) in [4.78, 5) is 12.3. The van der Waals surface area contributed by atoms with E-state index in [-0.39, 0.29) is 5.91 Å². The predicted molar refractivity (Wildman–Crippen MR) is 84.5 cm³/mol. The molecule has 1 saturated carbocycles. The van der Waals surface area contributed by atoms with Gasteiger partial charge in [0.05, 0.1) is 5.56 Å². The van der Waals surface area contributed by atoms with Gasteiger partial charge in [-0.25, -0.2) is 0 Å². The summed E-state index contributed by atoms with van der Waals surface area (Å²) in [5, 5.41) is 6.80. The summed E-state index contributed by atoms with van der Waals surface area (Å²) in [6.07, 6.45) is 6.41. The zero-order valence-corrected chi connectivity index (χ0v) is 12.8. The third-order valence-electron chi connectivity index (χ3n) is 3.91. The molecule has 0 radical (unpaired) electrons. The molecule has 1 amide bonds. The molecule has 0 atom stereocenters. The number of benzene rings is 1. The fraction of sp³-hybridized carbons (Fsp3) is 0.562. The van der Waals surface area contributed by atoms with Crippen molar-refractivity contribution in [2.75, 3.05) is 18.4 Å². The van der Waals surface area contributed by atoms with Crippen LogP contribution in [-0.2, 0) is 0 Å². The molecule has 20 heavy (non-hydrogen) atoms. The average molecular weight is 295 g/mol. The van der Waals surface area contributed by atoms with E-state index in [1.54, 1.807) is 12.1 Å². The maximum atomic E-state index is 12.3. The first-order valence-corrected chi connectivity index (χ1v) is 7.90. The fourth-order valence-electron chi connectivity index (χ4n) is 2.83. The second-order valence-corrected chi connectivity index (χ2v) is 5.85. The van der Waals surface area contributed by atoms with Crippen LogP contribution in [0.15, 0.2) is 18.2 Å². The van der Waals surface area contributed by atoms with Crippen molar-refractivity contribution in [1.82, 2.24) is 5.32 Å². The Morgan fingerprint density at radius 1 is 1.35 bits per heavy atom. The molecule has 2 N–H and O–H groups in total. The van der Waals surface area contributed by atoms with Crippen LogP contribution in [0.2, 0.25) is 5.02 Å². The van der Waals surface area contributed by atoms with Crippen molar-refractivity contribution in [3.05, 3.63) is 28.8 Å². The van der Waals surface area contributed by atoms with Gasteiger partial charge in [-0.1, -0.05) is 37.3 Å². The molecule has 0 spiro atoms. The van der Waals surface area contributed by atoms with Crippen LogP contribution in [0.1, 0.15) is 49.4 Å². The largest absolute Gasteiger partial charge is 0.385 e. The number of hydrogen-bond donors (Lipinski definition) is 2. The Balaban J connectivity index is 1.91. The fourth-order valence-corrected chi connectivity index (χ4v) is 3.01. The number of amides is 1. The molecule has 2 rings (SSSR count). The number of halogens is 1. The van der Waals surface area contributed by atoms with Crippen LogP contribution < -0.4 is 10.6 Å². The van der Waals surface area contributed by atoms with E-state index in [9.17, 15) is 4.79 Å². The van der Waals surface area contributed by atoms with Gasteiger partial charge in [0.25, 0.3) is 5.91 Å². The standard InChI is InChI=1S/C16H23ClN2O/c1-2-18-15-8-7-13(17)11-14(15)16(20)19-10-9-12-5-3-4-6-12/h7-8,11-12,18H,2-6,9-10H2,1H3,(H,19,20). The molecular formula is C16H23ClN2O. The van der Waals surface area contributed by atoms with Crippen LogP contribution in [0.4, 0.5) is 5.69 Å². The van der Waals surface area contributed by atoms with Crippen molar-refractivity contribution < 1.29 is 4.79 Å². The average Bonchev–Trinajstić information content (AvgIpc) is 2.94. The van der Waals surface area contributed by atoms with Gasteiger partial charge in [0.1, 0.15) is 0 Å². The van der Waals surface area contributed by atoms with Crippen LogP contribution in [0.5, 0.6) is 0 Å². The quantitative estimate of drug-likeness (QED) is 0.830. The topological polar surface area (TPSA) is 41.1 Å². The summed E-state index contributed by atoms with van der Waals surface area (Å²) in [7, 11) is 0. The summed E-state index contributed by atoms with van der Waals surface area (Å²) in [5.41, 5.74) is 1.47. The first-order valence-electron chi connectivity index (χ1n) is 7.52. The van der Waals surface area contributed by atoms with Crippen LogP contribution >= 0.6 is 11.6 Å². The summed E-state index contributed by atoms with van der Waals surface area (Å²) < 4.78 is 0. The second kappa shape index (κ2) is 7.53. The molecule has 0 bridgehead atoms. The minimum absolute atomic E-state index is 0.0403. The Kier molecular flexibility index (Phi) is 5.72. The van der Waals surface area contributed by atoms with E-state index in [4.69, 9.17) is 11.6 Å². The van der Waals surface area contributed by atoms with Gasteiger partial charge in [-0.15, -0.1) is 0 Å². The molecule has 1 aliphatic rings. The number of anilines is 1. The zero-order chi connectivity index (χ0) is 14.4. The lowest BCUT2D eigenvalue weighted by molar-refractivity contribution is 0.0952. The molecule has 3 nitrogen and oxygen atoms in total. The molecule has 0 aliphatic heterocycles. The third kappa shape index (κ3) is 4.14. The minimum Gasteiger partial charge on any atom is -0.385 e. The van der Waals surface area contributed by atoms with E-state index < -0.39 is 0 Å². The van der Waals surface area contributed by atoms with Crippen molar-refractivity contribution in [1.29, 1.82) is 0 Å². The summed E-state index contributed by atoms with van der Waals surface area (Å²) in [6, 6.07) is 5.39. The van der Waals surface area contributed by atoms with Crippen molar-refractivity contribution >= 4 is 23.2 Å². The van der Waals surface area contributed by atoms with E-state index in [1.165, 1.54) is 25.7 Å². The Hall–Kier alpha value is -1.22. The smallest absolute Gasteiger partial charge is 0.253 e. The Morgan fingerprint density at radius 3 is 2.80 bits per heavy atom. The number of carbonyl (C=O) groups excluding carboxylic acids is 1. The van der Waals surface area contributed by atoms with Gasteiger partial charge < -0.3 is 10.6 Å². The number of hydrogen-bond acceptors (Lipinski definition) is 2. The number of nitrogens with one attached hydrogen (secondary N) is 2. The van der Waals surface area contributed by atoms with Gasteiger partial charge in [0.2, 0.25) is 0 Å². The Morgan fingerprint density at radius 2 is 2.10 bits per heavy atom. The maximum absolute atomic E-state index is 12.3. The van der Waals surface area contributed by atoms with Crippen molar-refractivity contribution in [3.63, 3.8) is 0 Å². The molecule has 0 unspecified atom stereocenters. The Bertz CT molecular complexity index is 456. The molecule has 1 aromatic rings. The van der Waals surface area contributed by atoms with Gasteiger partial charge in [-0.05, 0) is 37.5 Å². The van der Waals surface area contributed by atoms with Crippen LogP contribution in [-0.4, -0.2) is 19.0 Å². The van der Waals surface area contributed by atoms with Crippen LogP contribution in [0, 0.1) is 5.92 Å². The van der Waals surface area contributed by atoms with Gasteiger partial charge in [-0.2, -0.15) is 0 Å². The maximum Gasteiger partial charge on any atom is 0.253 e. The van der Waals surface area contributed by atoms with Gasteiger partial charge in [-0.3, -0.25) is 4.79 Å². The lowest BCUT2D eigenvalue weighted by atomic mass is 10.0. The normalized spacial score (nSPS) is 15.3. The molecular weight excluding hydrogens is 272 g/mol. The Labute approximate surface area is 126 Å². The van der Waals surface area contributed by atoms with Gasteiger partial charge in [0, 0.05) is 23.8 Å². The lowest BCUT2D eigenvalue weighted by Gasteiger charge is -2.13. The van der Waals surface area contributed by atoms with Crippen LogP contribution in [0.25, 0.3) is 0 Å². The van der Waals surface area contributed by atoms with Crippen LogP contribution in [0.3, 0.4) is 0 Å². The van der Waals surface area contributed by atoms with Crippen molar-refractivity contribution in [3.8, 4) is 0 Å². The highest BCUT2D eigenvalue weighted by Crippen LogP contribution is 2.27. The van der Waals surface area contributed by atoms with E-state index in [2.05, 4.69) is 10.6 Å². The summed E-state index contributed by atoms with van der Waals surface area (Å²) in [5.74, 6) is 0.754. The summed E-state index contributed by atoms with van der Waals surface area (Å²) >= 11 is 5.99. The molecule has 1 fully saturated rings. The zero-order valence-electron chi connectivity index (χ0n) is 12.0. The second-order valence-electron chi connectivity index (χ2n) is 5.42. The monoisotopic (exact) mass is 294 g/mol. The van der Waals surface area contributed by atoms with E-state index >= 15 is 0 Å². The van der Waals surface area contributed by atoms with E-state index in [1.807, 2.05) is 13.0 Å². The SMILES string of the molecule is CCNc1ccc(Cl)cc1C(=O)NCCC1CCCC1. The first-order chi connectivity index (χ1) is 9.70. The molecule has 1 aliphatic carbocycles. The minimum atomic E-state index is -0.0403. The van der Waals surface area contributed by atoms with E-state index in [0.29, 0.717) is 10.6 Å². The number of rotatable bonds is 6. The highest BCUT2D eigenvalue weighted by atomic mass is 35.5. The predicted octanol–water partition coefficient (Wildman–Crippen LogP) is 4.08. The third-order valence-corrected chi connectivity index (χ3v) is 4.14. The lowest BCUT2D eigenvalue weighted by Crippen LogP contribution is -2.26. The highest BCUT2D eigenvalue weighted by Gasteiger charge is 2.16. The molecule has 0 saturated heterocycles.